The number of rotatable bonds is 7. The van der Waals surface area contributed by atoms with Crippen LogP contribution in [0.1, 0.15) is 43.9 Å². The molecule has 2 rings (SSSR count). The Morgan fingerprint density at radius 2 is 1.86 bits per heavy atom. The highest BCUT2D eigenvalue weighted by molar-refractivity contribution is 5.85. The van der Waals surface area contributed by atoms with Crippen molar-refractivity contribution in [2.24, 2.45) is 11.8 Å². The zero-order valence-corrected chi connectivity index (χ0v) is 14.0. The van der Waals surface area contributed by atoms with Crippen molar-refractivity contribution in [3.63, 3.8) is 0 Å². The van der Waals surface area contributed by atoms with Gasteiger partial charge in [-0.2, -0.15) is 0 Å². The van der Waals surface area contributed by atoms with Crippen molar-refractivity contribution in [1.82, 2.24) is 10.6 Å². The van der Waals surface area contributed by atoms with Crippen LogP contribution in [-0.4, -0.2) is 19.5 Å². The van der Waals surface area contributed by atoms with Crippen molar-refractivity contribution in [3.8, 4) is 0 Å². The number of halogens is 1. The Morgan fingerprint density at radius 1 is 1.24 bits per heavy atom. The number of likely N-dealkylation sites (N-methyl/N-ethyl adjacent to an activating group) is 1. The summed E-state index contributed by atoms with van der Waals surface area (Å²) in [5.74, 6) is 1.37. The normalized spacial score (nSPS) is 15.4. The molecule has 118 valence electrons. The van der Waals surface area contributed by atoms with Crippen LogP contribution >= 0.6 is 12.4 Å². The Hall–Kier alpha value is -1.06. The molecule has 1 saturated carbocycles. The van der Waals surface area contributed by atoms with E-state index in [-0.39, 0.29) is 24.4 Å². The molecule has 0 saturated heterocycles. The van der Waals surface area contributed by atoms with Crippen molar-refractivity contribution in [1.29, 1.82) is 0 Å². The first-order chi connectivity index (χ1) is 9.60. The first kappa shape index (κ1) is 18.0. The summed E-state index contributed by atoms with van der Waals surface area (Å²) in [7, 11) is 1.80. The zero-order chi connectivity index (χ0) is 14.5. The van der Waals surface area contributed by atoms with Crippen LogP contribution in [0.2, 0.25) is 0 Å². The summed E-state index contributed by atoms with van der Waals surface area (Å²) in [6.07, 6.45) is 3.55. The van der Waals surface area contributed by atoms with Gasteiger partial charge in [0.05, 0.1) is 12.6 Å². The van der Waals surface area contributed by atoms with Crippen molar-refractivity contribution < 1.29 is 4.79 Å². The molecule has 1 fully saturated rings. The number of hydrogen-bond acceptors (Lipinski definition) is 2. The van der Waals surface area contributed by atoms with Gasteiger partial charge in [-0.1, -0.05) is 38.1 Å². The molecule has 1 aromatic carbocycles. The van der Waals surface area contributed by atoms with E-state index in [1.165, 1.54) is 24.0 Å². The molecule has 2 N–H and O–H groups in total. The lowest BCUT2D eigenvalue weighted by Gasteiger charge is -2.19. The Morgan fingerprint density at radius 3 is 2.33 bits per heavy atom. The molecular weight excluding hydrogens is 284 g/mol. The third-order valence-electron chi connectivity index (χ3n) is 3.73. The molecule has 4 heteroatoms. The highest BCUT2D eigenvalue weighted by atomic mass is 35.5. The fourth-order valence-electron chi connectivity index (χ4n) is 2.62. The van der Waals surface area contributed by atoms with Crippen LogP contribution in [-0.2, 0) is 11.2 Å². The first-order valence-corrected chi connectivity index (χ1v) is 7.63. The standard InChI is InChI=1S/C17H26N2O.ClH/c1-12(2)10-13-4-6-14(7-5-13)17(15-8-9-15)19-16(20)11-18-3;/h4-7,12,15,17-18H,8-11H2,1-3H3,(H,19,20);1H. The Bertz CT molecular complexity index is 441. The Kier molecular flexibility index (Phi) is 7.20. The van der Waals surface area contributed by atoms with Crippen molar-refractivity contribution in [2.75, 3.05) is 13.6 Å². The van der Waals surface area contributed by atoms with Gasteiger partial charge >= 0.3 is 0 Å². The molecule has 0 aliphatic heterocycles. The molecule has 1 unspecified atom stereocenters. The average Bonchev–Trinajstić information content (AvgIpc) is 3.21. The SMILES string of the molecule is CNCC(=O)NC(c1ccc(CC(C)C)cc1)C1CC1.Cl. The van der Waals surface area contributed by atoms with Gasteiger partial charge in [0, 0.05) is 0 Å². The summed E-state index contributed by atoms with van der Waals surface area (Å²) < 4.78 is 0. The molecule has 3 nitrogen and oxygen atoms in total. The number of hydrogen-bond donors (Lipinski definition) is 2. The van der Waals surface area contributed by atoms with Gasteiger partial charge in [-0.15, -0.1) is 12.4 Å². The third-order valence-corrected chi connectivity index (χ3v) is 3.73. The van der Waals surface area contributed by atoms with Gasteiger partial charge in [0.15, 0.2) is 0 Å². The molecule has 0 aromatic heterocycles. The van der Waals surface area contributed by atoms with Gasteiger partial charge in [-0.25, -0.2) is 0 Å². The van der Waals surface area contributed by atoms with Crippen LogP contribution in [0.15, 0.2) is 24.3 Å². The van der Waals surface area contributed by atoms with E-state index in [2.05, 4.69) is 48.7 Å². The van der Waals surface area contributed by atoms with Gasteiger partial charge in [-0.05, 0) is 49.3 Å². The molecular formula is C17H27ClN2O. The zero-order valence-electron chi connectivity index (χ0n) is 13.2. The van der Waals surface area contributed by atoms with Gasteiger partial charge in [0.2, 0.25) is 5.91 Å². The molecule has 0 bridgehead atoms. The lowest BCUT2D eigenvalue weighted by molar-refractivity contribution is -0.121. The molecule has 0 radical (unpaired) electrons. The van der Waals surface area contributed by atoms with E-state index in [4.69, 9.17) is 0 Å². The number of nitrogens with one attached hydrogen (secondary N) is 2. The highest BCUT2D eigenvalue weighted by Gasteiger charge is 2.33. The van der Waals surface area contributed by atoms with Crippen LogP contribution in [0.5, 0.6) is 0 Å². The molecule has 21 heavy (non-hydrogen) atoms. The minimum Gasteiger partial charge on any atom is -0.348 e. The Labute approximate surface area is 134 Å². The summed E-state index contributed by atoms with van der Waals surface area (Å²) in [6, 6.07) is 8.95. The van der Waals surface area contributed by atoms with Gasteiger partial charge < -0.3 is 10.6 Å². The van der Waals surface area contributed by atoms with Crippen molar-refractivity contribution in [3.05, 3.63) is 35.4 Å². The number of benzene rings is 1. The average molecular weight is 311 g/mol. The van der Waals surface area contributed by atoms with Crippen LogP contribution in [0, 0.1) is 11.8 Å². The monoisotopic (exact) mass is 310 g/mol. The fraction of sp³-hybridized carbons (Fsp3) is 0.588. The minimum absolute atomic E-state index is 0. The molecule has 1 aliphatic carbocycles. The number of carbonyl (C=O) groups is 1. The van der Waals surface area contributed by atoms with Gasteiger partial charge in [0.1, 0.15) is 0 Å². The van der Waals surface area contributed by atoms with E-state index in [1.807, 2.05) is 0 Å². The maximum atomic E-state index is 11.8. The Balaban J connectivity index is 0.00000220. The van der Waals surface area contributed by atoms with E-state index < -0.39 is 0 Å². The van der Waals surface area contributed by atoms with Gasteiger partial charge in [-0.3, -0.25) is 4.79 Å². The second-order valence-corrected chi connectivity index (χ2v) is 6.25. The van der Waals surface area contributed by atoms with E-state index in [9.17, 15) is 4.79 Å². The van der Waals surface area contributed by atoms with Gasteiger partial charge in [0.25, 0.3) is 0 Å². The van der Waals surface area contributed by atoms with Crippen LogP contribution < -0.4 is 10.6 Å². The minimum atomic E-state index is 0. The third kappa shape index (κ3) is 5.68. The number of amides is 1. The highest BCUT2D eigenvalue weighted by Crippen LogP contribution is 2.41. The first-order valence-electron chi connectivity index (χ1n) is 7.63. The van der Waals surface area contributed by atoms with Crippen LogP contribution in [0.3, 0.4) is 0 Å². The second-order valence-electron chi connectivity index (χ2n) is 6.25. The summed E-state index contributed by atoms with van der Waals surface area (Å²) in [6.45, 7) is 4.85. The predicted molar refractivity (Wildman–Crippen MR) is 89.8 cm³/mol. The lowest BCUT2D eigenvalue weighted by Crippen LogP contribution is -2.35. The van der Waals surface area contributed by atoms with Crippen LogP contribution in [0.4, 0.5) is 0 Å². The molecule has 0 spiro atoms. The largest absolute Gasteiger partial charge is 0.348 e. The second kappa shape index (κ2) is 8.40. The van der Waals surface area contributed by atoms with Crippen molar-refractivity contribution in [2.45, 2.75) is 39.2 Å². The van der Waals surface area contributed by atoms with E-state index in [1.54, 1.807) is 7.05 Å². The molecule has 1 aromatic rings. The van der Waals surface area contributed by atoms with Crippen molar-refractivity contribution >= 4 is 18.3 Å². The lowest BCUT2D eigenvalue weighted by atomic mass is 9.97. The predicted octanol–water partition coefficient (Wildman–Crippen LogP) is 3.09. The molecule has 1 atom stereocenters. The van der Waals surface area contributed by atoms with E-state index >= 15 is 0 Å². The summed E-state index contributed by atoms with van der Waals surface area (Å²) in [5.41, 5.74) is 2.62. The smallest absolute Gasteiger partial charge is 0.234 e. The summed E-state index contributed by atoms with van der Waals surface area (Å²) in [4.78, 5) is 11.8. The molecule has 1 aliphatic rings. The summed E-state index contributed by atoms with van der Waals surface area (Å²) in [5, 5.41) is 6.06. The number of carbonyl (C=O) groups excluding carboxylic acids is 1. The molecule has 0 heterocycles. The quantitative estimate of drug-likeness (QED) is 0.812. The topological polar surface area (TPSA) is 41.1 Å². The van der Waals surface area contributed by atoms with E-state index in [0.29, 0.717) is 18.4 Å². The maximum Gasteiger partial charge on any atom is 0.234 e. The fourth-order valence-corrected chi connectivity index (χ4v) is 2.62. The maximum absolute atomic E-state index is 11.8. The van der Waals surface area contributed by atoms with Crippen LogP contribution in [0.25, 0.3) is 0 Å². The molecule has 1 amide bonds. The summed E-state index contributed by atoms with van der Waals surface area (Å²) >= 11 is 0. The van der Waals surface area contributed by atoms with E-state index in [0.717, 1.165) is 6.42 Å².